The lowest BCUT2D eigenvalue weighted by Gasteiger charge is -2.12. The maximum absolute atomic E-state index is 12.9. The Morgan fingerprint density at radius 2 is 2.04 bits per heavy atom. The normalized spacial score (nSPS) is 11.6. The second-order valence-electron chi connectivity index (χ2n) is 4.93. The number of thioether (sulfide) groups is 1. The van der Waals surface area contributed by atoms with Crippen LogP contribution in [0.2, 0.25) is 0 Å². The SMILES string of the molecule is CCOC(=O)c1cnc(S[C@H](C)C(=O)Nc2ccc(F)cc2)nc1N. The fraction of sp³-hybridized carbons (Fsp3) is 0.250. The van der Waals surface area contributed by atoms with Gasteiger partial charge < -0.3 is 15.8 Å². The first-order valence-corrected chi connectivity index (χ1v) is 8.31. The molecule has 1 aromatic carbocycles. The van der Waals surface area contributed by atoms with E-state index < -0.39 is 11.2 Å². The summed E-state index contributed by atoms with van der Waals surface area (Å²) in [7, 11) is 0. The number of amides is 1. The second kappa shape index (κ2) is 8.43. The number of benzene rings is 1. The lowest BCUT2D eigenvalue weighted by atomic mass is 10.3. The van der Waals surface area contributed by atoms with Crippen molar-refractivity contribution in [2.24, 2.45) is 0 Å². The summed E-state index contributed by atoms with van der Waals surface area (Å²) >= 11 is 1.08. The highest BCUT2D eigenvalue weighted by Crippen LogP contribution is 2.23. The molecule has 2 aromatic rings. The highest BCUT2D eigenvalue weighted by molar-refractivity contribution is 8.00. The average molecular weight is 364 g/mol. The molecule has 0 spiro atoms. The summed E-state index contributed by atoms with van der Waals surface area (Å²) in [6.07, 6.45) is 1.27. The third-order valence-electron chi connectivity index (χ3n) is 3.05. The van der Waals surface area contributed by atoms with Crippen LogP contribution in [0.3, 0.4) is 0 Å². The van der Waals surface area contributed by atoms with Gasteiger partial charge in [0.25, 0.3) is 0 Å². The molecule has 0 aliphatic heterocycles. The number of rotatable bonds is 6. The number of nitrogens with two attached hydrogens (primary N) is 1. The van der Waals surface area contributed by atoms with Crippen LogP contribution in [0.25, 0.3) is 0 Å². The number of ether oxygens (including phenoxy) is 1. The molecule has 0 radical (unpaired) electrons. The van der Waals surface area contributed by atoms with Gasteiger partial charge in [0.1, 0.15) is 17.2 Å². The minimum Gasteiger partial charge on any atom is -0.462 e. The van der Waals surface area contributed by atoms with Crippen LogP contribution >= 0.6 is 11.8 Å². The molecule has 7 nitrogen and oxygen atoms in total. The Hall–Kier alpha value is -2.68. The summed E-state index contributed by atoms with van der Waals surface area (Å²) in [5.41, 5.74) is 6.30. The molecule has 3 N–H and O–H groups in total. The summed E-state index contributed by atoms with van der Waals surface area (Å²) in [6.45, 7) is 3.57. The number of nitrogen functional groups attached to an aromatic ring is 1. The molecule has 132 valence electrons. The second-order valence-corrected chi connectivity index (χ2v) is 6.24. The van der Waals surface area contributed by atoms with Crippen molar-refractivity contribution in [3.63, 3.8) is 0 Å². The van der Waals surface area contributed by atoms with Crippen LogP contribution in [-0.4, -0.2) is 33.7 Å². The lowest BCUT2D eigenvalue weighted by molar-refractivity contribution is -0.115. The van der Waals surface area contributed by atoms with Gasteiger partial charge in [-0.3, -0.25) is 4.79 Å². The minimum absolute atomic E-state index is 0.0120. The fourth-order valence-electron chi connectivity index (χ4n) is 1.79. The van der Waals surface area contributed by atoms with Crippen molar-refractivity contribution in [2.45, 2.75) is 24.3 Å². The van der Waals surface area contributed by atoms with Gasteiger partial charge in [-0.2, -0.15) is 0 Å². The zero-order chi connectivity index (χ0) is 18.4. The van der Waals surface area contributed by atoms with Crippen LogP contribution in [0.1, 0.15) is 24.2 Å². The highest BCUT2D eigenvalue weighted by Gasteiger charge is 2.19. The van der Waals surface area contributed by atoms with E-state index in [9.17, 15) is 14.0 Å². The minimum atomic E-state index is -0.598. The van der Waals surface area contributed by atoms with Gasteiger partial charge in [-0.05, 0) is 38.1 Å². The van der Waals surface area contributed by atoms with Gasteiger partial charge in [0.15, 0.2) is 5.16 Å². The van der Waals surface area contributed by atoms with Gasteiger partial charge in [0.2, 0.25) is 5.91 Å². The number of carbonyl (C=O) groups excluding carboxylic acids is 2. The quantitative estimate of drug-likeness (QED) is 0.461. The molecule has 1 heterocycles. The molecule has 0 fully saturated rings. The van der Waals surface area contributed by atoms with Gasteiger partial charge in [0.05, 0.1) is 11.9 Å². The highest BCUT2D eigenvalue weighted by atomic mass is 32.2. The Balaban J connectivity index is 2.00. The Bertz CT molecular complexity index is 770. The van der Waals surface area contributed by atoms with Crippen LogP contribution in [-0.2, 0) is 9.53 Å². The van der Waals surface area contributed by atoms with Crippen LogP contribution in [0.4, 0.5) is 15.9 Å². The average Bonchev–Trinajstić information content (AvgIpc) is 2.57. The van der Waals surface area contributed by atoms with Gasteiger partial charge in [-0.25, -0.2) is 19.2 Å². The monoisotopic (exact) mass is 364 g/mol. The zero-order valence-electron chi connectivity index (χ0n) is 13.7. The summed E-state index contributed by atoms with van der Waals surface area (Å²) in [5, 5.41) is 2.39. The van der Waals surface area contributed by atoms with Crippen molar-refractivity contribution in [2.75, 3.05) is 17.7 Å². The molecule has 1 atom stereocenters. The third-order valence-corrected chi connectivity index (χ3v) is 4.03. The van der Waals surface area contributed by atoms with E-state index in [1.54, 1.807) is 13.8 Å². The molecule has 1 amide bonds. The molecule has 2 rings (SSSR count). The molecule has 0 aliphatic carbocycles. The first kappa shape index (κ1) is 18.7. The molecule has 0 aliphatic rings. The van der Waals surface area contributed by atoms with Crippen LogP contribution in [0.5, 0.6) is 0 Å². The zero-order valence-corrected chi connectivity index (χ0v) is 14.5. The number of hydrogen-bond donors (Lipinski definition) is 2. The van der Waals surface area contributed by atoms with Crippen LogP contribution in [0.15, 0.2) is 35.6 Å². The Morgan fingerprint density at radius 3 is 2.64 bits per heavy atom. The number of anilines is 2. The number of nitrogens with zero attached hydrogens (tertiary/aromatic N) is 2. The third kappa shape index (κ3) is 5.15. The number of aromatic nitrogens is 2. The Kier molecular flexibility index (Phi) is 6.29. The number of nitrogens with one attached hydrogen (secondary N) is 1. The molecule has 0 saturated carbocycles. The van der Waals surface area contributed by atoms with Crippen LogP contribution in [0, 0.1) is 5.82 Å². The first-order chi connectivity index (χ1) is 11.9. The van der Waals surface area contributed by atoms with Crippen molar-refractivity contribution in [3.05, 3.63) is 41.8 Å². The molecule has 0 unspecified atom stereocenters. The van der Waals surface area contributed by atoms with Gasteiger partial charge in [-0.1, -0.05) is 11.8 Å². The topological polar surface area (TPSA) is 107 Å². The van der Waals surface area contributed by atoms with E-state index in [1.165, 1.54) is 30.5 Å². The molecule has 0 bridgehead atoms. The van der Waals surface area contributed by atoms with Crippen molar-refractivity contribution in [3.8, 4) is 0 Å². The predicted molar refractivity (Wildman–Crippen MR) is 92.7 cm³/mol. The summed E-state index contributed by atoms with van der Waals surface area (Å²) < 4.78 is 17.7. The Morgan fingerprint density at radius 1 is 1.36 bits per heavy atom. The van der Waals surface area contributed by atoms with Gasteiger partial charge >= 0.3 is 5.97 Å². The van der Waals surface area contributed by atoms with E-state index >= 15 is 0 Å². The molecular formula is C16H17FN4O3S. The van der Waals surface area contributed by atoms with Crippen LogP contribution < -0.4 is 11.1 Å². The molecule has 25 heavy (non-hydrogen) atoms. The van der Waals surface area contributed by atoms with E-state index in [0.29, 0.717) is 5.69 Å². The van der Waals surface area contributed by atoms with Crippen molar-refractivity contribution >= 4 is 35.1 Å². The number of carbonyl (C=O) groups is 2. The standard InChI is InChI=1S/C16H17FN4O3S/c1-3-24-15(23)12-8-19-16(21-13(12)18)25-9(2)14(22)20-11-6-4-10(17)5-7-11/h4-9H,3H2,1-2H3,(H,20,22)(H2,18,19,21)/t9-/m1/s1. The fourth-order valence-corrected chi connectivity index (χ4v) is 2.54. The maximum Gasteiger partial charge on any atom is 0.343 e. The van der Waals surface area contributed by atoms with Crippen molar-refractivity contribution in [1.29, 1.82) is 0 Å². The number of hydrogen-bond acceptors (Lipinski definition) is 7. The lowest BCUT2D eigenvalue weighted by Crippen LogP contribution is -2.22. The maximum atomic E-state index is 12.9. The molecular weight excluding hydrogens is 347 g/mol. The number of esters is 1. The summed E-state index contributed by atoms with van der Waals surface area (Å²) in [5.74, 6) is -1.29. The van der Waals surface area contributed by atoms with E-state index in [2.05, 4.69) is 15.3 Å². The molecule has 0 saturated heterocycles. The predicted octanol–water partition coefficient (Wildman–Crippen LogP) is 2.49. The Labute approximate surface area is 148 Å². The molecule has 1 aromatic heterocycles. The first-order valence-electron chi connectivity index (χ1n) is 7.43. The van der Waals surface area contributed by atoms with Crippen molar-refractivity contribution < 1.29 is 18.7 Å². The summed E-state index contributed by atoms with van der Waals surface area (Å²) in [4.78, 5) is 31.9. The van der Waals surface area contributed by atoms with Gasteiger partial charge in [0, 0.05) is 11.9 Å². The van der Waals surface area contributed by atoms with Crippen molar-refractivity contribution in [1.82, 2.24) is 9.97 Å². The van der Waals surface area contributed by atoms with E-state index in [1.807, 2.05) is 0 Å². The smallest absolute Gasteiger partial charge is 0.343 e. The van der Waals surface area contributed by atoms with E-state index in [4.69, 9.17) is 10.5 Å². The summed E-state index contributed by atoms with van der Waals surface area (Å²) in [6, 6.07) is 5.44. The van der Waals surface area contributed by atoms with E-state index in [-0.39, 0.29) is 34.9 Å². The molecule has 9 heteroatoms. The van der Waals surface area contributed by atoms with Gasteiger partial charge in [-0.15, -0.1) is 0 Å². The largest absolute Gasteiger partial charge is 0.462 e. The number of halogens is 1. The van der Waals surface area contributed by atoms with E-state index in [0.717, 1.165) is 11.8 Å².